The summed E-state index contributed by atoms with van der Waals surface area (Å²) in [6.45, 7) is 0.423. The van der Waals surface area contributed by atoms with Gasteiger partial charge in [0.2, 0.25) is 5.78 Å². The molecular formula is C24H17ClO3. The Morgan fingerprint density at radius 3 is 2.57 bits per heavy atom. The zero-order valence-electron chi connectivity index (χ0n) is 15.0. The number of hydrogen-bond donors (Lipinski definition) is 0. The maximum absolute atomic E-state index is 12.5. The molecule has 138 valence electrons. The molecule has 0 aromatic heterocycles. The molecule has 1 aliphatic rings. The van der Waals surface area contributed by atoms with E-state index >= 15 is 0 Å². The van der Waals surface area contributed by atoms with Gasteiger partial charge in [-0.3, -0.25) is 4.79 Å². The second-order valence-electron chi connectivity index (χ2n) is 6.28. The van der Waals surface area contributed by atoms with Crippen LogP contribution in [0, 0.1) is 0 Å². The molecule has 0 unspecified atom stereocenters. The molecule has 1 heterocycles. The number of allylic oxidation sites excluding steroid dienone is 1. The molecule has 3 aromatic carbocycles. The lowest BCUT2D eigenvalue weighted by Gasteiger charge is -2.04. The molecule has 0 atom stereocenters. The summed E-state index contributed by atoms with van der Waals surface area (Å²) in [7, 11) is 0. The molecule has 0 fully saturated rings. The van der Waals surface area contributed by atoms with Gasteiger partial charge in [-0.2, -0.15) is 0 Å². The predicted octanol–water partition coefficient (Wildman–Crippen LogP) is 6.05. The highest BCUT2D eigenvalue weighted by molar-refractivity contribution is 6.30. The molecule has 3 nitrogen and oxygen atoms in total. The van der Waals surface area contributed by atoms with Crippen molar-refractivity contribution in [3.63, 3.8) is 0 Å². The molecule has 0 N–H and O–H groups in total. The molecule has 3 aromatic rings. The minimum absolute atomic E-state index is 0.148. The van der Waals surface area contributed by atoms with E-state index in [2.05, 4.69) is 0 Å². The maximum atomic E-state index is 12.5. The lowest BCUT2D eigenvalue weighted by molar-refractivity contribution is 0.101. The first-order valence-corrected chi connectivity index (χ1v) is 9.25. The Morgan fingerprint density at radius 1 is 0.929 bits per heavy atom. The Balaban J connectivity index is 1.44. The van der Waals surface area contributed by atoms with Crippen LogP contribution < -0.4 is 9.47 Å². The van der Waals surface area contributed by atoms with E-state index in [4.69, 9.17) is 21.1 Å². The van der Waals surface area contributed by atoms with Crippen LogP contribution in [0.15, 0.2) is 84.6 Å². The summed E-state index contributed by atoms with van der Waals surface area (Å²) in [5, 5.41) is 0.608. The van der Waals surface area contributed by atoms with Gasteiger partial charge in [-0.25, -0.2) is 0 Å². The third kappa shape index (κ3) is 4.16. The lowest BCUT2D eigenvalue weighted by Crippen LogP contribution is -1.97. The summed E-state index contributed by atoms with van der Waals surface area (Å²) >= 11 is 6.00. The number of benzene rings is 3. The van der Waals surface area contributed by atoms with Crippen LogP contribution in [0.1, 0.15) is 21.5 Å². The predicted molar refractivity (Wildman–Crippen MR) is 112 cm³/mol. The summed E-state index contributed by atoms with van der Waals surface area (Å²) in [5.41, 5.74) is 2.46. The van der Waals surface area contributed by atoms with E-state index in [1.54, 1.807) is 36.4 Å². The van der Waals surface area contributed by atoms with Gasteiger partial charge in [0.1, 0.15) is 18.1 Å². The third-order valence-electron chi connectivity index (χ3n) is 4.24. The fraction of sp³-hybridized carbons (Fsp3) is 0.0417. The molecule has 0 spiro atoms. The standard InChI is InChI=1S/C24H17ClO3/c25-19-10-4-8-18(14-19)15-23-24(26)21-12-11-20(16-22(21)28-23)27-13-5-9-17-6-2-1-3-7-17/h1-12,14-16H,13H2/b9-5+,23-15-. The molecular weight excluding hydrogens is 372 g/mol. The van der Waals surface area contributed by atoms with Crippen molar-refractivity contribution in [2.45, 2.75) is 0 Å². The van der Waals surface area contributed by atoms with E-state index in [-0.39, 0.29) is 11.5 Å². The van der Waals surface area contributed by atoms with Gasteiger partial charge in [0, 0.05) is 11.1 Å². The third-order valence-corrected chi connectivity index (χ3v) is 4.48. The van der Waals surface area contributed by atoms with Crippen molar-refractivity contribution >= 4 is 29.5 Å². The van der Waals surface area contributed by atoms with Crippen LogP contribution in [0.4, 0.5) is 0 Å². The van der Waals surface area contributed by atoms with Crippen LogP contribution in [0.25, 0.3) is 12.2 Å². The number of carbonyl (C=O) groups is 1. The molecule has 1 aliphatic heterocycles. The molecule has 4 rings (SSSR count). The van der Waals surface area contributed by atoms with E-state index in [0.29, 0.717) is 28.7 Å². The van der Waals surface area contributed by atoms with Crippen molar-refractivity contribution in [1.29, 1.82) is 0 Å². The van der Waals surface area contributed by atoms with Crippen molar-refractivity contribution < 1.29 is 14.3 Å². The van der Waals surface area contributed by atoms with Gasteiger partial charge in [-0.15, -0.1) is 0 Å². The van der Waals surface area contributed by atoms with E-state index in [9.17, 15) is 4.79 Å². The van der Waals surface area contributed by atoms with Crippen molar-refractivity contribution in [1.82, 2.24) is 0 Å². The summed E-state index contributed by atoms with van der Waals surface area (Å²) < 4.78 is 11.5. The Kier molecular flexibility index (Phi) is 5.27. The van der Waals surface area contributed by atoms with Crippen molar-refractivity contribution in [3.05, 3.63) is 106 Å². The Labute approximate surface area is 168 Å². The molecule has 28 heavy (non-hydrogen) atoms. The summed E-state index contributed by atoms with van der Waals surface area (Å²) in [6.07, 6.45) is 5.63. The number of ether oxygens (including phenoxy) is 2. The van der Waals surface area contributed by atoms with Gasteiger partial charge >= 0.3 is 0 Å². The van der Waals surface area contributed by atoms with Crippen LogP contribution in [0.5, 0.6) is 11.5 Å². The van der Waals surface area contributed by atoms with Gasteiger partial charge in [0.25, 0.3) is 0 Å². The lowest BCUT2D eigenvalue weighted by atomic mass is 10.1. The average Bonchev–Trinajstić information content (AvgIpc) is 3.01. The first-order chi connectivity index (χ1) is 13.7. The number of rotatable bonds is 5. The SMILES string of the molecule is O=C1/C(=C/c2cccc(Cl)c2)Oc2cc(OC/C=C/c3ccccc3)ccc21. The normalized spacial score (nSPS) is 14.3. The molecule has 0 saturated carbocycles. The molecule has 4 heteroatoms. The number of Topliss-reactive ketones (excluding diaryl/α,β-unsaturated/α-hetero) is 1. The molecule has 0 saturated heterocycles. The van der Waals surface area contributed by atoms with Crippen LogP contribution >= 0.6 is 11.6 Å². The largest absolute Gasteiger partial charge is 0.489 e. The van der Waals surface area contributed by atoms with Crippen molar-refractivity contribution in [2.75, 3.05) is 6.61 Å². The Hall–Kier alpha value is -3.30. The minimum atomic E-state index is -0.148. The summed E-state index contributed by atoms with van der Waals surface area (Å²) in [6, 6.07) is 22.5. The second-order valence-corrected chi connectivity index (χ2v) is 6.71. The number of fused-ring (bicyclic) bond motifs is 1. The van der Waals surface area contributed by atoms with Gasteiger partial charge in [-0.05, 0) is 47.5 Å². The highest BCUT2D eigenvalue weighted by Crippen LogP contribution is 2.35. The van der Waals surface area contributed by atoms with Gasteiger partial charge in [0.05, 0.1) is 5.56 Å². The number of halogens is 1. The first kappa shape index (κ1) is 18.1. The topological polar surface area (TPSA) is 35.5 Å². The highest BCUT2D eigenvalue weighted by Gasteiger charge is 2.27. The zero-order valence-corrected chi connectivity index (χ0v) is 15.7. The van der Waals surface area contributed by atoms with Gasteiger partial charge < -0.3 is 9.47 Å². The molecule has 0 bridgehead atoms. The average molecular weight is 389 g/mol. The molecule has 0 amide bonds. The van der Waals surface area contributed by atoms with Gasteiger partial charge in [-0.1, -0.05) is 60.1 Å². The fourth-order valence-corrected chi connectivity index (χ4v) is 3.10. The monoisotopic (exact) mass is 388 g/mol. The number of carbonyl (C=O) groups excluding carboxylic acids is 1. The van der Waals surface area contributed by atoms with E-state index in [0.717, 1.165) is 11.1 Å². The van der Waals surface area contributed by atoms with Crippen LogP contribution in [0.2, 0.25) is 5.02 Å². The highest BCUT2D eigenvalue weighted by atomic mass is 35.5. The quantitative estimate of drug-likeness (QED) is 0.499. The number of hydrogen-bond acceptors (Lipinski definition) is 3. The van der Waals surface area contributed by atoms with E-state index < -0.39 is 0 Å². The Morgan fingerprint density at radius 2 is 1.75 bits per heavy atom. The van der Waals surface area contributed by atoms with E-state index in [1.165, 1.54) is 0 Å². The van der Waals surface area contributed by atoms with Crippen LogP contribution in [0.3, 0.4) is 0 Å². The summed E-state index contributed by atoms with van der Waals surface area (Å²) in [4.78, 5) is 12.5. The molecule has 0 aliphatic carbocycles. The fourth-order valence-electron chi connectivity index (χ4n) is 2.90. The number of ketones is 1. The van der Waals surface area contributed by atoms with E-state index in [1.807, 2.05) is 54.6 Å². The molecule has 0 radical (unpaired) electrons. The van der Waals surface area contributed by atoms with Crippen molar-refractivity contribution in [2.24, 2.45) is 0 Å². The van der Waals surface area contributed by atoms with Crippen LogP contribution in [-0.2, 0) is 0 Å². The Bertz CT molecular complexity index is 1070. The second kappa shape index (κ2) is 8.15. The maximum Gasteiger partial charge on any atom is 0.231 e. The smallest absolute Gasteiger partial charge is 0.231 e. The zero-order chi connectivity index (χ0) is 19.3. The minimum Gasteiger partial charge on any atom is -0.489 e. The van der Waals surface area contributed by atoms with Crippen molar-refractivity contribution in [3.8, 4) is 11.5 Å². The first-order valence-electron chi connectivity index (χ1n) is 8.87. The van der Waals surface area contributed by atoms with Crippen LogP contribution in [-0.4, -0.2) is 12.4 Å². The van der Waals surface area contributed by atoms with Gasteiger partial charge in [0.15, 0.2) is 5.76 Å². The summed E-state index contributed by atoms with van der Waals surface area (Å²) in [5.74, 6) is 1.28.